The minimum absolute atomic E-state index is 0.117. The zero-order valence-corrected chi connectivity index (χ0v) is 12.8. The molecule has 116 valence electrons. The van der Waals surface area contributed by atoms with Crippen molar-refractivity contribution in [1.29, 1.82) is 0 Å². The second-order valence-corrected chi connectivity index (χ2v) is 4.72. The Morgan fingerprint density at radius 3 is 2.23 bits per heavy atom. The van der Waals surface area contributed by atoms with Gasteiger partial charge in [0.05, 0.1) is 19.2 Å². The summed E-state index contributed by atoms with van der Waals surface area (Å²) < 4.78 is 29.1. The zero-order chi connectivity index (χ0) is 16.1. The van der Waals surface area contributed by atoms with Crippen molar-refractivity contribution in [2.24, 2.45) is 0 Å². The number of hydrogen-bond donors (Lipinski definition) is 0. The lowest BCUT2D eigenvalue weighted by Crippen LogP contribution is -2.10. The fourth-order valence-electron chi connectivity index (χ4n) is 1.93. The zero-order valence-electron chi connectivity index (χ0n) is 12.1. The Bertz CT molecular complexity index is 645. The van der Waals surface area contributed by atoms with E-state index in [0.717, 1.165) is 0 Å². The van der Waals surface area contributed by atoms with Gasteiger partial charge in [0.25, 0.3) is 0 Å². The van der Waals surface area contributed by atoms with E-state index in [9.17, 15) is 9.18 Å². The molecular formula is C16H14ClFO4. The van der Waals surface area contributed by atoms with Gasteiger partial charge in [0.2, 0.25) is 0 Å². The monoisotopic (exact) mass is 324 g/mol. The van der Waals surface area contributed by atoms with Gasteiger partial charge >= 0.3 is 5.97 Å². The Morgan fingerprint density at radius 1 is 1.09 bits per heavy atom. The van der Waals surface area contributed by atoms with Gasteiger partial charge in [0, 0.05) is 5.56 Å². The summed E-state index contributed by atoms with van der Waals surface area (Å²) in [6, 6.07) is 9.15. The standard InChI is InChI=1S/C16H14ClFO4/c1-20-13-7-4-8-14(21-2)15(13)16(19)22-9-10-11(17)5-3-6-12(10)18/h3-8H,9H2,1-2H3. The van der Waals surface area contributed by atoms with E-state index in [-0.39, 0.29) is 22.8 Å². The van der Waals surface area contributed by atoms with Crippen LogP contribution in [0.25, 0.3) is 0 Å². The van der Waals surface area contributed by atoms with Gasteiger partial charge in [-0.15, -0.1) is 0 Å². The maximum atomic E-state index is 13.7. The van der Waals surface area contributed by atoms with E-state index >= 15 is 0 Å². The molecular weight excluding hydrogens is 311 g/mol. The minimum atomic E-state index is -0.686. The molecule has 2 rings (SSSR count). The summed E-state index contributed by atoms with van der Waals surface area (Å²) >= 11 is 5.90. The van der Waals surface area contributed by atoms with E-state index < -0.39 is 11.8 Å². The SMILES string of the molecule is COc1cccc(OC)c1C(=O)OCc1c(F)cccc1Cl. The highest BCUT2D eigenvalue weighted by Gasteiger charge is 2.20. The van der Waals surface area contributed by atoms with Crippen molar-refractivity contribution in [1.82, 2.24) is 0 Å². The van der Waals surface area contributed by atoms with Crippen LogP contribution >= 0.6 is 11.6 Å². The lowest BCUT2D eigenvalue weighted by Gasteiger charge is -2.13. The Kier molecular flexibility index (Phi) is 5.22. The lowest BCUT2D eigenvalue weighted by atomic mass is 10.1. The van der Waals surface area contributed by atoms with E-state index in [1.165, 1.54) is 32.4 Å². The molecule has 0 heterocycles. The van der Waals surface area contributed by atoms with Crippen molar-refractivity contribution < 1.29 is 23.4 Å². The molecule has 0 aromatic heterocycles. The van der Waals surface area contributed by atoms with Gasteiger partial charge in [-0.25, -0.2) is 9.18 Å². The number of carbonyl (C=O) groups excluding carboxylic acids is 1. The molecule has 0 bridgehead atoms. The summed E-state index contributed by atoms with van der Waals surface area (Å²) in [4.78, 5) is 12.3. The Hall–Kier alpha value is -2.27. The van der Waals surface area contributed by atoms with Crippen LogP contribution < -0.4 is 9.47 Å². The Balaban J connectivity index is 2.23. The van der Waals surface area contributed by atoms with Gasteiger partial charge in [0.15, 0.2) is 0 Å². The molecule has 0 N–H and O–H groups in total. The minimum Gasteiger partial charge on any atom is -0.496 e. The highest BCUT2D eigenvalue weighted by Crippen LogP contribution is 2.29. The quantitative estimate of drug-likeness (QED) is 0.784. The van der Waals surface area contributed by atoms with Crippen LogP contribution in [0.1, 0.15) is 15.9 Å². The average molecular weight is 325 g/mol. The summed E-state index contributed by atoms with van der Waals surface area (Å²) in [7, 11) is 2.86. The molecule has 0 fully saturated rings. The van der Waals surface area contributed by atoms with Crippen LogP contribution in [0, 0.1) is 5.82 Å². The number of rotatable bonds is 5. The van der Waals surface area contributed by atoms with Crippen LogP contribution in [0.2, 0.25) is 5.02 Å². The predicted octanol–water partition coefficient (Wildman–Crippen LogP) is 3.85. The second kappa shape index (κ2) is 7.13. The number of methoxy groups -OCH3 is 2. The molecule has 0 saturated carbocycles. The van der Waals surface area contributed by atoms with Crippen LogP contribution in [-0.2, 0) is 11.3 Å². The molecule has 0 atom stereocenters. The molecule has 6 heteroatoms. The van der Waals surface area contributed by atoms with Crippen molar-refractivity contribution in [3.05, 3.63) is 58.4 Å². The molecule has 22 heavy (non-hydrogen) atoms. The third-order valence-electron chi connectivity index (χ3n) is 3.04. The normalized spacial score (nSPS) is 10.2. The third-order valence-corrected chi connectivity index (χ3v) is 3.40. The molecule has 0 spiro atoms. The topological polar surface area (TPSA) is 44.8 Å². The first-order valence-electron chi connectivity index (χ1n) is 6.39. The van der Waals surface area contributed by atoms with Gasteiger partial charge in [-0.05, 0) is 24.3 Å². The van der Waals surface area contributed by atoms with Crippen molar-refractivity contribution in [2.75, 3.05) is 14.2 Å². The molecule has 0 aliphatic rings. The first-order valence-corrected chi connectivity index (χ1v) is 6.77. The van der Waals surface area contributed by atoms with Crippen molar-refractivity contribution in [2.45, 2.75) is 6.61 Å². The fraction of sp³-hybridized carbons (Fsp3) is 0.188. The molecule has 0 amide bonds. The highest BCUT2D eigenvalue weighted by molar-refractivity contribution is 6.31. The summed E-state index contributed by atoms with van der Waals surface area (Å²) in [5, 5.41) is 0.194. The molecule has 0 aliphatic heterocycles. The molecule has 2 aromatic carbocycles. The van der Waals surface area contributed by atoms with E-state index in [1.807, 2.05) is 0 Å². The first kappa shape index (κ1) is 16.1. The van der Waals surface area contributed by atoms with E-state index in [4.69, 9.17) is 25.8 Å². The number of hydrogen-bond acceptors (Lipinski definition) is 4. The van der Waals surface area contributed by atoms with Gasteiger partial charge in [-0.2, -0.15) is 0 Å². The van der Waals surface area contributed by atoms with Crippen molar-refractivity contribution in [3.8, 4) is 11.5 Å². The van der Waals surface area contributed by atoms with Gasteiger partial charge < -0.3 is 14.2 Å². The molecule has 0 saturated heterocycles. The maximum Gasteiger partial charge on any atom is 0.346 e. The molecule has 0 aliphatic carbocycles. The smallest absolute Gasteiger partial charge is 0.346 e. The van der Waals surface area contributed by atoms with Crippen molar-refractivity contribution >= 4 is 17.6 Å². The molecule has 4 nitrogen and oxygen atoms in total. The van der Waals surface area contributed by atoms with Crippen LogP contribution in [0.15, 0.2) is 36.4 Å². The number of carbonyl (C=O) groups is 1. The van der Waals surface area contributed by atoms with E-state index in [1.54, 1.807) is 18.2 Å². The molecule has 0 unspecified atom stereocenters. The van der Waals surface area contributed by atoms with Gasteiger partial charge in [0.1, 0.15) is 29.5 Å². The predicted molar refractivity (Wildman–Crippen MR) is 80.1 cm³/mol. The lowest BCUT2D eigenvalue weighted by molar-refractivity contribution is 0.0461. The summed E-state index contributed by atoms with van der Waals surface area (Å²) in [5.74, 6) is -0.603. The number of halogens is 2. The number of esters is 1. The van der Waals surface area contributed by atoms with E-state index in [2.05, 4.69) is 0 Å². The number of benzene rings is 2. The van der Waals surface area contributed by atoms with Crippen LogP contribution in [0.5, 0.6) is 11.5 Å². The largest absolute Gasteiger partial charge is 0.496 e. The van der Waals surface area contributed by atoms with Crippen LogP contribution in [0.3, 0.4) is 0 Å². The van der Waals surface area contributed by atoms with Crippen molar-refractivity contribution in [3.63, 3.8) is 0 Å². The van der Waals surface area contributed by atoms with Crippen LogP contribution in [-0.4, -0.2) is 20.2 Å². The average Bonchev–Trinajstić information content (AvgIpc) is 2.53. The summed E-state index contributed by atoms with van der Waals surface area (Å²) in [6.07, 6.45) is 0. The number of ether oxygens (including phenoxy) is 3. The third kappa shape index (κ3) is 3.31. The fourth-order valence-corrected chi connectivity index (χ4v) is 2.15. The summed E-state index contributed by atoms with van der Waals surface area (Å²) in [6.45, 7) is -0.286. The Labute approximate surface area is 132 Å². The van der Waals surface area contributed by atoms with Gasteiger partial charge in [-0.3, -0.25) is 0 Å². The second-order valence-electron chi connectivity index (χ2n) is 4.31. The van der Waals surface area contributed by atoms with Crippen LogP contribution in [0.4, 0.5) is 4.39 Å². The summed E-state index contributed by atoms with van der Waals surface area (Å²) in [5.41, 5.74) is 0.256. The highest BCUT2D eigenvalue weighted by atomic mass is 35.5. The molecule has 2 aromatic rings. The Morgan fingerprint density at radius 2 is 1.68 bits per heavy atom. The first-order chi connectivity index (χ1) is 10.6. The molecule has 0 radical (unpaired) electrons. The van der Waals surface area contributed by atoms with Gasteiger partial charge in [-0.1, -0.05) is 23.7 Å². The van der Waals surface area contributed by atoms with E-state index in [0.29, 0.717) is 11.5 Å². The maximum absolute atomic E-state index is 13.7.